The molecule has 3 aromatic heterocycles. The van der Waals surface area contributed by atoms with E-state index in [1.807, 2.05) is 4.90 Å². The number of aromatic nitrogens is 5. The van der Waals surface area contributed by atoms with Gasteiger partial charge in [0.2, 0.25) is 0 Å². The highest BCUT2D eigenvalue weighted by Gasteiger charge is 2.31. The number of H-pyrrole nitrogens is 1. The van der Waals surface area contributed by atoms with Crippen LogP contribution in [0, 0.1) is 5.92 Å². The number of amides is 1. The van der Waals surface area contributed by atoms with E-state index >= 15 is 0 Å². The number of nitrogens with one attached hydrogen (secondary N) is 1. The van der Waals surface area contributed by atoms with Crippen molar-refractivity contribution in [1.29, 1.82) is 0 Å². The maximum absolute atomic E-state index is 12.7. The number of hydrogen-bond donors (Lipinski definition) is 1. The van der Waals surface area contributed by atoms with Crippen molar-refractivity contribution in [2.24, 2.45) is 5.92 Å². The topological polar surface area (TPSA) is 92.8 Å². The number of hydrogen-bond acceptors (Lipinski definition) is 5. The first-order chi connectivity index (χ1) is 12.3. The van der Waals surface area contributed by atoms with E-state index in [2.05, 4.69) is 19.9 Å². The summed E-state index contributed by atoms with van der Waals surface area (Å²) in [6.45, 7) is 2.16. The van der Waals surface area contributed by atoms with Gasteiger partial charge in [-0.25, -0.2) is 4.98 Å². The molecule has 0 atom stereocenters. The normalized spacial score (nSPS) is 16.9. The van der Waals surface area contributed by atoms with Gasteiger partial charge in [-0.3, -0.25) is 14.6 Å². The van der Waals surface area contributed by atoms with Crippen molar-refractivity contribution < 1.29 is 9.21 Å². The van der Waals surface area contributed by atoms with Crippen LogP contribution >= 0.6 is 0 Å². The molecule has 0 bridgehead atoms. The van der Waals surface area contributed by atoms with E-state index in [0.717, 1.165) is 35.8 Å². The minimum Gasteiger partial charge on any atom is -0.451 e. The van der Waals surface area contributed by atoms with Crippen molar-refractivity contribution in [1.82, 2.24) is 29.9 Å². The van der Waals surface area contributed by atoms with Gasteiger partial charge in [0.05, 0.1) is 6.54 Å². The van der Waals surface area contributed by atoms with Gasteiger partial charge in [0.15, 0.2) is 6.39 Å². The number of nitrogens with zero attached hydrogens (tertiary/aromatic N) is 5. The Balaban J connectivity index is 1.50. The minimum atomic E-state index is -0.0378. The van der Waals surface area contributed by atoms with E-state index in [1.54, 1.807) is 18.5 Å². The minimum absolute atomic E-state index is 0.0378. The Hall–Kier alpha value is -2.90. The zero-order chi connectivity index (χ0) is 16.8. The molecule has 4 heterocycles. The van der Waals surface area contributed by atoms with Crippen molar-refractivity contribution >= 4 is 5.91 Å². The molecule has 1 aliphatic carbocycles. The van der Waals surface area contributed by atoms with E-state index in [4.69, 9.17) is 9.52 Å². The average Bonchev–Trinajstić information content (AvgIpc) is 3.08. The second kappa shape index (κ2) is 5.58. The van der Waals surface area contributed by atoms with Crippen molar-refractivity contribution in [2.75, 3.05) is 6.54 Å². The Morgan fingerprint density at radius 2 is 2.32 bits per heavy atom. The Morgan fingerprint density at radius 1 is 1.40 bits per heavy atom. The molecule has 5 rings (SSSR count). The molecule has 0 unspecified atom stereocenters. The third-order valence-electron chi connectivity index (χ3n) is 4.96. The fraction of sp³-hybridized carbons (Fsp3) is 0.412. The van der Waals surface area contributed by atoms with Gasteiger partial charge in [-0.05, 0) is 24.8 Å². The Bertz CT molecular complexity index is 892. The first-order valence-electron chi connectivity index (χ1n) is 8.55. The molecule has 1 fully saturated rings. The maximum atomic E-state index is 12.7. The molecular weight excluding hydrogens is 320 g/mol. The van der Waals surface area contributed by atoms with Crippen LogP contribution in [0.5, 0.6) is 0 Å². The average molecular weight is 338 g/mol. The van der Waals surface area contributed by atoms with Crippen molar-refractivity contribution in [2.45, 2.75) is 32.4 Å². The van der Waals surface area contributed by atoms with Gasteiger partial charge < -0.3 is 9.32 Å². The Morgan fingerprint density at radius 3 is 3.04 bits per heavy atom. The fourth-order valence-corrected chi connectivity index (χ4v) is 3.44. The van der Waals surface area contributed by atoms with Crippen molar-refractivity contribution in [3.63, 3.8) is 0 Å². The third-order valence-corrected chi connectivity index (χ3v) is 4.96. The number of oxazole rings is 1. The van der Waals surface area contributed by atoms with Crippen molar-refractivity contribution in [3.8, 4) is 11.4 Å². The predicted octanol–water partition coefficient (Wildman–Crippen LogP) is 1.87. The van der Waals surface area contributed by atoms with E-state index in [0.29, 0.717) is 18.8 Å². The van der Waals surface area contributed by atoms with Crippen LogP contribution in [-0.2, 0) is 19.5 Å². The van der Waals surface area contributed by atoms with Gasteiger partial charge >= 0.3 is 0 Å². The van der Waals surface area contributed by atoms with Crippen LogP contribution in [0.3, 0.4) is 0 Å². The smallest absolute Gasteiger partial charge is 0.272 e. The number of carbonyl (C=O) groups excluding carboxylic acids is 1. The highest BCUT2D eigenvalue weighted by atomic mass is 16.3. The summed E-state index contributed by atoms with van der Waals surface area (Å²) in [4.78, 5) is 18.8. The van der Waals surface area contributed by atoms with Crippen LogP contribution in [0.4, 0.5) is 0 Å². The maximum Gasteiger partial charge on any atom is 0.272 e. The summed E-state index contributed by atoms with van der Waals surface area (Å²) in [5, 5.41) is 11.4. The van der Waals surface area contributed by atoms with Crippen LogP contribution in [-0.4, -0.2) is 42.3 Å². The standard InChI is InChI=1S/C17H18N6O2/c24-17(13-3-5-19-20-13)22-6-4-15-12(8-22)16(14-9-25-10-18-14)21-23(15)7-11-1-2-11/h3,5,9-11H,1-2,4,6-8H2,(H,19,20). The van der Waals surface area contributed by atoms with Crippen LogP contribution in [0.1, 0.15) is 34.6 Å². The Kier molecular flexibility index (Phi) is 3.22. The molecule has 0 spiro atoms. The molecule has 0 saturated heterocycles. The molecule has 1 amide bonds. The lowest BCUT2D eigenvalue weighted by Crippen LogP contribution is -2.36. The zero-order valence-corrected chi connectivity index (χ0v) is 13.7. The quantitative estimate of drug-likeness (QED) is 0.784. The van der Waals surface area contributed by atoms with E-state index in [1.165, 1.54) is 24.9 Å². The molecule has 8 heteroatoms. The highest BCUT2D eigenvalue weighted by Crippen LogP contribution is 2.34. The number of aromatic amines is 1. The van der Waals surface area contributed by atoms with Crippen LogP contribution in [0.15, 0.2) is 29.3 Å². The number of fused-ring (bicyclic) bond motifs is 1. The lowest BCUT2D eigenvalue weighted by Gasteiger charge is -2.27. The molecular formula is C17H18N6O2. The van der Waals surface area contributed by atoms with Gasteiger partial charge in [0.25, 0.3) is 5.91 Å². The largest absolute Gasteiger partial charge is 0.451 e. The van der Waals surface area contributed by atoms with E-state index in [9.17, 15) is 4.79 Å². The fourth-order valence-electron chi connectivity index (χ4n) is 3.44. The number of rotatable bonds is 4. The van der Waals surface area contributed by atoms with Crippen LogP contribution in [0.2, 0.25) is 0 Å². The summed E-state index contributed by atoms with van der Waals surface area (Å²) >= 11 is 0. The molecule has 25 heavy (non-hydrogen) atoms. The molecule has 0 aromatic carbocycles. The van der Waals surface area contributed by atoms with Gasteiger partial charge in [0, 0.05) is 37.0 Å². The molecule has 0 radical (unpaired) electrons. The van der Waals surface area contributed by atoms with Gasteiger partial charge in [0.1, 0.15) is 23.3 Å². The molecule has 3 aromatic rings. The summed E-state index contributed by atoms with van der Waals surface area (Å²) in [6, 6.07) is 1.70. The van der Waals surface area contributed by atoms with Gasteiger partial charge in [-0.1, -0.05) is 0 Å². The summed E-state index contributed by atoms with van der Waals surface area (Å²) in [7, 11) is 0. The first kappa shape index (κ1) is 14.4. The summed E-state index contributed by atoms with van der Waals surface area (Å²) in [5.74, 6) is 0.697. The molecule has 1 N–H and O–H groups in total. The molecule has 2 aliphatic rings. The van der Waals surface area contributed by atoms with Crippen LogP contribution < -0.4 is 0 Å². The highest BCUT2D eigenvalue weighted by molar-refractivity contribution is 5.92. The van der Waals surface area contributed by atoms with Crippen LogP contribution in [0.25, 0.3) is 11.4 Å². The molecule has 128 valence electrons. The monoisotopic (exact) mass is 338 g/mol. The second-order valence-electron chi connectivity index (χ2n) is 6.72. The lowest BCUT2D eigenvalue weighted by molar-refractivity contribution is 0.0727. The Labute approximate surface area is 143 Å². The molecule has 1 aliphatic heterocycles. The lowest BCUT2D eigenvalue weighted by atomic mass is 10.0. The van der Waals surface area contributed by atoms with E-state index < -0.39 is 0 Å². The van der Waals surface area contributed by atoms with Crippen molar-refractivity contribution in [3.05, 3.63) is 41.9 Å². The third kappa shape index (κ3) is 2.54. The van der Waals surface area contributed by atoms with Gasteiger partial charge in [-0.2, -0.15) is 10.2 Å². The summed E-state index contributed by atoms with van der Waals surface area (Å²) in [5.41, 5.74) is 4.36. The summed E-state index contributed by atoms with van der Waals surface area (Å²) in [6.07, 6.45) is 7.97. The zero-order valence-electron chi connectivity index (χ0n) is 13.7. The first-order valence-corrected chi connectivity index (χ1v) is 8.55. The SMILES string of the molecule is O=C(c1ccn[nH]1)N1CCc2c(c(-c3cocn3)nn2CC2CC2)C1. The number of carbonyl (C=O) groups is 1. The molecule has 8 nitrogen and oxygen atoms in total. The van der Waals surface area contributed by atoms with Gasteiger partial charge in [-0.15, -0.1) is 0 Å². The predicted molar refractivity (Wildman–Crippen MR) is 87.5 cm³/mol. The summed E-state index contributed by atoms with van der Waals surface area (Å²) < 4.78 is 7.26. The van der Waals surface area contributed by atoms with E-state index in [-0.39, 0.29) is 5.91 Å². The second-order valence-corrected chi connectivity index (χ2v) is 6.72. The molecule has 1 saturated carbocycles.